The highest BCUT2D eigenvalue weighted by atomic mass is 16.5. The number of methoxy groups -OCH3 is 1. The van der Waals surface area contributed by atoms with Crippen molar-refractivity contribution in [2.24, 2.45) is 5.92 Å². The van der Waals surface area contributed by atoms with Gasteiger partial charge in [0.05, 0.1) is 6.61 Å². The van der Waals surface area contributed by atoms with Crippen LogP contribution in [0, 0.1) is 19.8 Å². The van der Waals surface area contributed by atoms with E-state index in [1.54, 1.807) is 12.0 Å². The fourth-order valence-corrected chi connectivity index (χ4v) is 3.22. The zero-order chi connectivity index (χ0) is 18.7. The first-order valence-corrected chi connectivity index (χ1v) is 8.77. The largest absolute Gasteiger partial charge is 0.380 e. The number of nitrogens with zero attached hydrogens (tertiary/aromatic N) is 1. The normalized spacial score (nSPS) is 16.8. The average Bonchev–Trinajstić information content (AvgIpc) is 3.01. The van der Waals surface area contributed by atoms with Crippen LogP contribution in [0.5, 0.6) is 0 Å². The fourth-order valence-electron chi connectivity index (χ4n) is 3.22. The van der Waals surface area contributed by atoms with Crippen LogP contribution in [0.15, 0.2) is 42.5 Å². The Morgan fingerprint density at radius 1 is 1.19 bits per heavy atom. The average molecular weight is 352 g/mol. The van der Waals surface area contributed by atoms with Gasteiger partial charge in [0.1, 0.15) is 5.92 Å². The van der Waals surface area contributed by atoms with Gasteiger partial charge in [0.15, 0.2) is 0 Å². The predicted molar refractivity (Wildman–Crippen MR) is 102 cm³/mol. The number of rotatable bonds is 5. The van der Waals surface area contributed by atoms with Gasteiger partial charge < -0.3 is 15.0 Å². The number of aryl methyl sites for hydroxylation is 2. The van der Waals surface area contributed by atoms with Crippen molar-refractivity contribution in [2.75, 3.05) is 23.9 Å². The van der Waals surface area contributed by atoms with Gasteiger partial charge in [-0.3, -0.25) is 9.59 Å². The summed E-state index contributed by atoms with van der Waals surface area (Å²) >= 11 is 0. The molecule has 5 heteroatoms. The second-order valence-corrected chi connectivity index (χ2v) is 6.68. The number of carbonyl (C=O) groups excluding carboxylic acids is 2. The van der Waals surface area contributed by atoms with Crippen molar-refractivity contribution in [3.8, 4) is 0 Å². The minimum absolute atomic E-state index is 0.144. The van der Waals surface area contributed by atoms with Crippen LogP contribution in [0.2, 0.25) is 0 Å². The van der Waals surface area contributed by atoms with Gasteiger partial charge in [0, 0.05) is 30.6 Å². The molecule has 1 aliphatic rings. The van der Waals surface area contributed by atoms with E-state index >= 15 is 0 Å². The molecule has 1 heterocycles. The first-order chi connectivity index (χ1) is 12.5. The number of benzene rings is 2. The highest BCUT2D eigenvalue weighted by molar-refractivity contribution is 6.13. The lowest BCUT2D eigenvalue weighted by Crippen LogP contribution is -2.33. The van der Waals surface area contributed by atoms with Crippen LogP contribution in [0.4, 0.5) is 11.4 Å². The van der Waals surface area contributed by atoms with Crippen LogP contribution in [-0.2, 0) is 20.9 Å². The number of nitrogens with one attached hydrogen (secondary N) is 1. The molecule has 26 heavy (non-hydrogen) atoms. The molecule has 0 spiro atoms. The maximum absolute atomic E-state index is 12.8. The third-order valence-corrected chi connectivity index (χ3v) is 4.90. The smallest absolute Gasteiger partial charge is 0.239 e. The Bertz CT molecular complexity index is 832. The molecule has 0 radical (unpaired) electrons. The lowest BCUT2D eigenvalue weighted by Gasteiger charge is -2.18. The SMILES string of the molecule is COCc1ccccc1NC(=O)C1CCN(c2ccc(C)c(C)c2)C1=O. The maximum atomic E-state index is 12.8. The summed E-state index contributed by atoms with van der Waals surface area (Å²) in [6.45, 7) is 5.03. The molecular formula is C21H24N2O3. The lowest BCUT2D eigenvalue weighted by atomic mass is 10.1. The standard InChI is InChI=1S/C21H24N2O3/c1-14-8-9-17(12-15(14)2)23-11-10-18(21(23)25)20(24)22-19-7-5-4-6-16(19)13-26-3/h4-9,12,18H,10-11,13H2,1-3H3,(H,22,24). The Kier molecular flexibility index (Phi) is 5.38. The van der Waals surface area contributed by atoms with Gasteiger partial charge in [0.2, 0.25) is 11.8 Å². The monoisotopic (exact) mass is 352 g/mol. The number of amides is 2. The van der Waals surface area contributed by atoms with E-state index in [9.17, 15) is 9.59 Å². The Balaban J connectivity index is 1.73. The van der Waals surface area contributed by atoms with E-state index in [0.717, 1.165) is 16.8 Å². The quantitative estimate of drug-likeness (QED) is 0.839. The van der Waals surface area contributed by atoms with Crippen LogP contribution >= 0.6 is 0 Å². The summed E-state index contributed by atoms with van der Waals surface area (Å²) in [5.41, 5.74) is 4.76. The van der Waals surface area contributed by atoms with E-state index in [0.29, 0.717) is 25.3 Å². The van der Waals surface area contributed by atoms with Gasteiger partial charge in [-0.1, -0.05) is 24.3 Å². The molecule has 0 bridgehead atoms. The van der Waals surface area contributed by atoms with E-state index in [1.807, 2.05) is 56.3 Å². The Labute approximate surface area is 154 Å². The molecule has 1 saturated heterocycles. The molecule has 1 atom stereocenters. The zero-order valence-electron chi connectivity index (χ0n) is 15.4. The minimum atomic E-state index is -0.660. The van der Waals surface area contributed by atoms with Crippen molar-refractivity contribution < 1.29 is 14.3 Å². The van der Waals surface area contributed by atoms with E-state index < -0.39 is 5.92 Å². The van der Waals surface area contributed by atoms with Gasteiger partial charge in [-0.15, -0.1) is 0 Å². The summed E-state index contributed by atoms with van der Waals surface area (Å²) in [5, 5.41) is 2.89. The number of anilines is 2. The van der Waals surface area contributed by atoms with E-state index in [-0.39, 0.29) is 11.8 Å². The molecule has 1 N–H and O–H groups in total. The molecule has 3 rings (SSSR count). The third-order valence-electron chi connectivity index (χ3n) is 4.90. The van der Waals surface area contributed by atoms with Gasteiger partial charge in [0.25, 0.3) is 0 Å². The molecular weight excluding hydrogens is 328 g/mol. The van der Waals surface area contributed by atoms with E-state index in [1.165, 1.54) is 5.56 Å². The van der Waals surface area contributed by atoms with Gasteiger partial charge in [-0.25, -0.2) is 0 Å². The van der Waals surface area contributed by atoms with Gasteiger partial charge >= 0.3 is 0 Å². The molecule has 1 fully saturated rings. The van der Waals surface area contributed by atoms with Crippen LogP contribution in [0.3, 0.4) is 0 Å². The second-order valence-electron chi connectivity index (χ2n) is 6.68. The number of carbonyl (C=O) groups is 2. The lowest BCUT2D eigenvalue weighted by molar-refractivity contribution is -0.129. The van der Waals surface area contributed by atoms with Crippen LogP contribution in [-0.4, -0.2) is 25.5 Å². The molecule has 0 aliphatic carbocycles. The number of hydrogen-bond acceptors (Lipinski definition) is 3. The van der Waals surface area contributed by atoms with Crippen LogP contribution < -0.4 is 10.2 Å². The summed E-state index contributed by atoms with van der Waals surface area (Å²) < 4.78 is 5.17. The van der Waals surface area contributed by atoms with Gasteiger partial charge in [-0.05, 0) is 49.6 Å². The van der Waals surface area contributed by atoms with Crippen molar-refractivity contribution >= 4 is 23.2 Å². The molecule has 2 amide bonds. The summed E-state index contributed by atoms with van der Waals surface area (Å²) in [5.74, 6) is -1.06. The Hall–Kier alpha value is -2.66. The topological polar surface area (TPSA) is 58.6 Å². The molecule has 1 unspecified atom stereocenters. The molecule has 5 nitrogen and oxygen atoms in total. The van der Waals surface area contributed by atoms with E-state index in [4.69, 9.17) is 4.74 Å². The summed E-state index contributed by atoms with van der Waals surface area (Å²) in [6, 6.07) is 13.4. The molecule has 0 saturated carbocycles. The Morgan fingerprint density at radius 2 is 1.96 bits per heavy atom. The molecule has 0 aromatic heterocycles. The minimum Gasteiger partial charge on any atom is -0.380 e. The van der Waals surface area contributed by atoms with Crippen molar-refractivity contribution in [3.63, 3.8) is 0 Å². The highest BCUT2D eigenvalue weighted by Gasteiger charge is 2.37. The number of ether oxygens (including phenoxy) is 1. The zero-order valence-corrected chi connectivity index (χ0v) is 15.4. The maximum Gasteiger partial charge on any atom is 0.239 e. The fraction of sp³-hybridized carbons (Fsp3) is 0.333. The van der Waals surface area contributed by atoms with Crippen LogP contribution in [0.1, 0.15) is 23.1 Å². The second kappa shape index (κ2) is 7.70. The van der Waals surface area contributed by atoms with E-state index in [2.05, 4.69) is 5.32 Å². The third kappa shape index (κ3) is 3.63. The molecule has 136 valence electrons. The van der Waals surface area contributed by atoms with Crippen LogP contribution in [0.25, 0.3) is 0 Å². The molecule has 2 aromatic carbocycles. The number of hydrogen-bond donors (Lipinski definition) is 1. The summed E-state index contributed by atoms with van der Waals surface area (Å²) in [6.07, 6.45) is 0.518. The predicted octanol–water partition coefficient (Wildman–Crippen LogP) is 3.44. The Morgan fingerprint density at radius 3 is 2.69 bits per heavy atom. The first-order valence-electron chi connectivity index (χ1n) is 8.77. The van der Waals surface area contributed by atoms with Crippen molar-refractivity contribution in [1.82, 2.24) is 0 Å². The highest BCUT2D eigenvalue weighted by Crippen LogP contribution is 2.28. The van der Waals surface area contributed by atoms with Gasteiger partial charge in [-0.2, -0.15) is 0 Å². The first kappa shape index (κ1) is 18.1. The van der Waals surface area contributed by atoms with Crippen molar-refractivity contribution in [2.45, 2.75) is 26.9 Å². The molecule has 1 aliphatic heterocycles. The summed E-state index contributed by atoms with van der Waals surface area (Å²) in [4.78, 5) is 27.2. The van der Waals surface area contributed by atoms with Crippen molar-refractivity contribution in [1.29, 1.82) is 0 Å². The molecule has 2 aromatic rings. The number of para-hydroxylation sites is 1. The van der Waals surface area contributed by atoms with Crippen molar-refractivity contribution in [3.05, 3.63) is 59.2 Å². The summed E-state index contributed by atoms with van der Waals surface area (Å²) in [7, 11) is 1.61.